The quantitative estimate of drug-likeness (QED) is 0.0350. The van der Waals surface area contributed by atoms with E-state index in [4.69, 9.17) is 0 Å². The number of carbonyl (C=O) groups excluding carboxylic acids is 6. The van der Waals surface area contributed by atoms with Gasteiger partial charge in [-0.3, -0.25) is 28.8 Å². The van der Waals surface area contributed by atoms with Crippen LogP contribution in [-0.4, -0.2) is 68.7 Å². The summed E-state index contributed by atoms with van der Waals surface area (Å²) >= 11 is 0. The Morgan fingerprint density at radius 3 is 0.689 bits per heavy atom. The van der Waals surface area contributed by atoms with Gasteiger partial charge in [0.2, 0.25) is 35.4 Å². The number of carbonyl (C=O) groups is 6. The lowest BCUT2D eigenvalue weighted by molar-refractivity contribution is -0.128. The number of nitrogens with one attached hydrogen (secondary N) is 6. The Kier molecular flexibility index (Phi) is 38.0. The molecule has 12 heteroatoms. The molecule has 0 heterocycles. The normalized spacial score (nSPS) is 21.4. The zero-order valence-electron chi connectivity index (χ0n) is 74.4. The Balaban J connectivity index is 0.000000269. The van der Waals surface area contributed by atoms with Crippen LogP contribution in [-0.2, 0) is 28.8 Å². The first-order valence-electron chi connectivity index (χ1n) is 44.2. The molecule has 106 heavy (non-hydrogen) atoms. The molecule has 0 aliphatic heterocycles. The van der Waals surface area contributed by atoms with Crippen molar-refractivity contribution in [1.29, 1.82) is 0 Å². The standard InChI is InChI=1S/2C16H29NO.2C16H31NO.2C15H27NO/c1-11-9-14(11)10-13(8-7-12-5-6-12)15(18)17-16(2,3)4;1-16(2,3)17-15(18)14(10-9-12-7-8-12)11-13-5-4-6-13;2*1-15(2,3)11-13(10-9-12-7-8-12)14(18)17-16(4,5)6;1-15(2,3)16-14(17)13(10-12-6-7-12)9-8-11-4-5-11;1-11(2)10-13(9-8-12-6-7-12)14(17)16-15(3,4)5/h11-14H,5-10H2,1-4H3,(H,17,18);12-14H,4-11H2,1-3H3,(H,17,18);2*12-13H,7-11H2,1-6H3,(H,17,18);11-13H,4-10H2,1-3H3,(H,16,17);12-13H,1,6-10H2,2-5H3,(H,16,17). The van der Waals surface area contributed by atoms with Gasteiger partial charge < -0.3 is 31.9 Å². The van der Waals surface area contributed by atoms with Crippen molar-refractivity contribution in [3.05, 3.63) is 12.2 Å². The summed E-state index contributed by atoms with van der Waals surface area (Å²) in [5.41, 5.74) is 0.919. The van der Waals surface area contributed by atoms with Crippen molar-refractivity contribution in [3.8, 4) is 0 Å². The van der Waals surface area contributed by atoms with E-state index in [1.165, 1.54) is 154 Å². The van der Waals surface area contributed by atoms with E-state index < -0.39 is 0 Å². The van der Waals surface area contributed by atoms with E-state index in [1.807, 2.05) is 27.7 Å². The highest BCUT2D eigenvalue weighted by atomic mass is 16.2. The molecule has 8 unspecified atom stereocenters. The molecular weight excluding hydrogens is 1310 g/mol. The molecule has 0 saturated heterocycles. The van der Waals surface area contributed by atoms with Gasteiger partial charge in [-0.2, -0.15) is 0 Å². The maximum Gasteiger partial charge on any atom is 0.223 e. The zero-order chi connectivity index (χ0) is 80.0. The maximum atomic E-state index is 12.4. The van der Waals surface area contributed by atoms with Gasteiger partial charge in [0.1, 0.15) is 0 Å². The molecule has 0 bridgehead atoms. The summed E-state index contributed by atoms with van der Waals surface area (Å²) in [6.45, 7) is 58.7. The molecule has 9 saturated carbocycles. The van der Waals surface area contributed by atoms with Gasteiger partial charge in [-0.05, 0) is 324 Å². The minimum absolute atomic E-state index is 0.0849. The van der Waals surface area contributed by atoms with Crippen molar-refractivity contribution in [2.45, 2.75) is 444 Å². The second kappa shape index (κ2) is 42.4. The van der Waals surface area contributed by atoms with Crippen molar-refractivity contribution in [1.82, 2.24) is 31.9 Å². The number of hydrogen-bond donors (Lipinski definition) is 6. The minimum atomic E-state index is -0.135. The van der Waals surface area contributed by atoms with Crippen LogP contribution < -0.4 is 31.9 Å². The van der Waals surface area contributed by atoms with Crippen LogP contribution in [0.25, 0.3) is 0 Å². The lowest BCUT2D eigenvalue weighted by Crippen LogP contribution is -2.44. The van der Waals surface area contributed by atoms with Crippen LogP contribution in [0.15, 0.2) is 12.2 Å². The molecule has 9 aliphatic rings. The largest absolute Gasteiger partial charge is 0.351 e. The summed E-state index contributed by atoms with van der Waals surface area (Å²) in [6.07, 6.45) is 44.9. The number of amides is 6. The fourth-order valence-electron chi connectivity index (χ4n) is 14.8. The van der Waals surface area contributed by atoms with Gasteiger partial charge >= 0.3 is 0 Å². The number of allylic oxidation sites excluding steroid dienone is 1. The van der Waals surface area contributed by atoms with Crippen LogP contribution in [0, 0.1) is 106 Å². The maximum absolute atomic E-state index is 12.4. The van der Waals surface area contributed by atoms with Crippen molar-refractivity contribution < 1.29 is 28.8 Å². The molecule has 0 aromatic carbocycles. The van der Waals surface area contributed by atoms with Gasteiger partial charge in [0.15, 0.2) is 0 Å². The molecule has 0 spiro atoms. The van der Waals surface area contributed by atoms with Crippen LogP contribution in [0.2, 0.25) is 0 Å². The van der Waals surface area contributed by atoms with E-state index in [0.717, 1.165) is 142 Å². The highest BCUT2D eigenvalue weighted by molar-refractivity contribution is 5.82. The second-order valence-corrected chi connectivity index (χ2v) is 45.4. The van der Waals surface area contributed by atoms with Gasteiger partial charge in [0.05, 0.1) is 0 Å². The van der Waals surface area contributed by atoms with Crippen LogP contribution in [0.3, 0.4) is 0 Å². The van der Waals surface area contributed by atoms with Crippen LogP contribution in [0.1, 0.15) is 411 Å². The molecule has 12 nitrogen and oxygen atoms in total. The first kappa shape index (κ1) is 94.9. The molecule has 0 aromatic rings. The third-order valence-corrected chi connectivity index (χ3v) is 22.3. The van der Waals surface area contributed by atoms with Gasteiger partial charge in [0.25, 0.3) is 0 Å². The summed E-state index contributed by atoms with van der Waals surface area (Å²) in [7, 11) is 0. The number of rotatable bonds is 34. The van der Waals surface area contributed by atoms with Crippen LogP contribution in [0.4, 0.5) is 0 Å². The van der Waals surface area contributed by atoms with Crippen molar-refractivity contribution >= 4 is 35.4 Å². The average Bonchev–Trinajstić information content (AvgIpc) is 1.61. The minimum Gasteiger partial charge on any atom is -0.351 e. The van der Waals surface area contributed by atoms with Crippen LogP contribution >= 0.6 is 0 Å². The lowest BCUT2D eigenvalue weighted by Gasteiger charge is -2.31. The summed E-state index contributed by atoms with van der Waals surface area (Å²) in [6, 6.07) is 0. The lowest BCUT2D eigenvalue weighted by atomic mass is 9.77. The Labute approximate surface area is 654 Å². The molecule has 616 valence electrons. The monoisotopic (exact) mass is 1480 g/mol. The fraction of sp³-hybridized carbons (Fsp3) is 0.915. The molecule has 8 atom stereocenters. The first-order valence-corrected chi connectivity index (χ1v) is 44.2. The SMILES string of the molecule is C=C(C)CC(CCC1CC1)C(=O)NC(C)(C)C.CC(C)(C)CC(CCC1CC1)C(=O)NC(C)(C)C.CC(C)(C)CC(CCC1CC1)C(=O)NC(C)(C)C.CC(C)(C)NC(=O)C(CCC1CC1)CC1CC1.CC(C)(C)NC(=O)C(CCC1CC1)CC1CCC1.CC1CC1CC(CCC1CC1)C(=O)NC(C)(C)C. The molecule has 0 radical (unpaired) electrons. The summed E-state index contributed by atoms with van der Waals surface area (Å²) in [5.74, 6) is 11.8. The molecule has 9 rings (SSSR count). The van der Waals surface area contributed by atoms with E-state index in [-0.39, 0.29) is 97.3 Å². The topological polar surface area (TPSA) is 175 Å². The third-order valence-electron chi connectivity index (χ3n) is 22.3. The first-order chi connectivity index (χ1) is 48.6. The molecule has 9 fully saturated rings. The third kappa shape index (κ3) is 51.2. The highest BCUT2D eigenvalue weighted by Gasteiger charge is 2.40. The van der Waals surface area contributed by atoms with Crippen molar-refractivity contribution in [2.24, 2.45) is 106 Å². The van der Waals surface area contributed by atoms with E-state index >= 15 is 0 Å². The Morgan fingerprint density at radius 2 is 0.500 bits per heavy atom. The van der Waals surface area contributed by atoms with E-state index in [0.29, 0.717) is 17.7 Å². The van der Waals surface area contributed by atoms with Crippen molar-refractivity contribution in [2.75, 3.05) is 0 Å². The molecule has 6 N–H and O–H groups in total. The average molecular weight is 1480 g/mol. The summed E-state index contributed by atoms with van der Waals surface area (Å²) < 4.78 is 0. The summed E-state index contributed by atoms with van der Waals surface area (Å²) in [4.78, 5) is 73.8. The molecule has 9 aliphatic carbocycles. The van der Waals surface area contributed by atoms with Gasteiger partial charge in [-0.1, -0.05) is 163 Å². The Hall–Kier alpha value is -3.44. The predicted octanol–water partition coefficient (Wildman–Crippen LogP) is 23.1. The van der Waals surface area contributed by atoms with Crippen LogP contribution in [0.5, 0.6) is 0 Å². The van der Waals surface area contributed by atoms with Gasteiger partial charge in [-0.15, -0.1) is 6.58 Å². The van der Waals surface area contributed by atoms with Gasteiger partial charge in [0, 0.05) is 68.7 Å². The predicted molar refractivity (Wildman–Crippen MR) is 449 cm³/mol. The molecule has 0 aromatic heterocycles. The van der Waals surface area contributed by atoms with E-state index in [1.54, 1.807) is 0 Å². The van der Waals surface area contributed by atoms with Crippen molar-refractivity contribution in [3.63, 3.8) is 0 Å². The smallest absolute Gasteiger partial charge is 0.223 e. The van der Waals surface area contributed by atoms with E-state index in [9.17, 15) is 28.8 Å². The summed E-state index contributed by atoms with van der Waals surface area (Å²) in [5, 5.41) is 18.9. The highest BCUT2D eigenvalue weighted by Crippen LogP contribution is 2.46. The Morgan fingerprint density at radius 1 is 0.302 bits per heavy atom. The second-order valence-electron chi connectivity index (χ2n) is 45.4. The van der Waals surface area contributed by atoms with Gasteiger partial charge in [-0.25, -0.2) is 0 Å². The Bertz CT molecular complexity index is 2520. The number of hydrogen-bond acceptors (Lipinski definition) is 6. The fourth-order valence-corrected chi connectivity index (χ4v) is 14.8. The molecule has 6 amide bonds. The zero-order valence-corrected chi connectivity index (χ0v) is 74.4. The molecular formula is C94H174N6O6. The van der Waals surface area contributed by atoms with E-state index in [2.05, 4.69) is 191 Å².